The van der Waals surface area contributed by atoms with Crippen LogP contribution in [-0.2, 0) is 0 Å². The number of hydrogen-bond acceptors (Lipinski definition) is 2. The number of rotatable bonds is 10. The molecule has 0 bridgehead atoms. The number of nitrogens with one attached hydrogen (secondary N) is 1. The van der Waals surface area contributed by atoms with Gasteiger partial charge in [0.15, 0.2) is 0 Å². The molecule has 2 aromatic carbocycles. The van der Waals surface area contributed by atoms with Gasteiger partial charge in [-0.2, -0.15) is 0 Å². The van der Waals surface area contributed by atoms with Crippen LogP contribution in [0.2, 0.25) is 0 Å². The molecule has 2 fully saturated rings. The molecular formula is C37H48N2. The molecule has 206 valence electrons. The first-order valence-electron chi connectivity index (χ1n) is 14.9. The van der Waals surface area contributed by atoms with Crippen molar-refractivity contribution in [3.8, 4) is 0 Å². The summed E-state index contributed by atoms with van der Waals surface area (Å²) in [6.45, 7) is 17.2. The first kappa shape index (κ1) is 28.9. The second kappa shape index (κ2) is 13.8. The average Bonchev–Trinajstić information content (AvgIpc) is 3.46. The van der Waals surface area contributed by atoms with E-state index in [1.165, 1.54) is 59.1 Å². The molecule has 2 nitrogen and oxygen atoms in total. The van der Waals surface area contributed by atoms with Gasteiger partial charge in [0.2, 0.25) is 0 Å². The van der Waals surface area contributed by atoms with Crippen molar-refractivity contribution in [1.82, 2.24) is 10.2 Å². The summed E-state index contributed by atoms with van der Waals surface area (Å²) in [5.74, 6) is 0.806. The second-order valence-electron chi connectivity index (χ2n) is 11.6. The molecule has 2 heteroatoms. The van der Waals surface area contributed by atoms with Crippen molar-refractivity contribution in [3.63, 3.8) is 0 Å². The van der Waals surface area contributed by atoms with Gasteiger partial charge in [-0.15, -0.1) is 0 Å². The average molecular weight is 521 g/mol. The summed E-state index contributed by atoms with van der Waals surface area (Å²) in [4.78, 5) is 2.43. The molecule has 1 aliphatic heterocycles. The van der Waals surface area contributed by atoms with Crippen LogP contribution in [0.15, 0.2) is 102 Å². The first-order valence-corrected chi connectivity index (χ1v) is 14.9. The highest BCUT2D eigenvalue weighted by Gasteiger charge is 2.18. The van der Waals surface area contributed by atoms with Gasteiger partial charge in [-0.3, -0.25) is 0 Å². The van der Waals surface area contributed by atoms with Gasteiger partial charge in [-0.05, 0) is 86.4 Å². The molecule has 39 heavy (non-hydrogen) atoms. The highest BCUT2D eigenvalue weighted by Crippen LogP contribution is 2.34. The number of nitrogens with zero attached hydrogens (tertiary/aromatic N) is 1. The standard InChI is InChI=1S/C37H48N2/c1-7-30(25-31-11-9-10-12-31)26-32(8-2)28(4)38-29(5)33-17-19-35(20-18-33)37(34-15-13-27(3)14-16-34)36-21-23-39(6)24-22-36/h7-8,13-20,26,29,31,38H,1,4,9-12,21-25H2,2-3,5-6H3/b30-26+,32-8+. The predicted molar refractivity (Wildman–Crippen MR) is 170 cm³/mol. The van der Waals surface area contributed by atoms with E-state index < -0.39 is 0 Å². The molecule has 1 saturated heterocycles. The minimum absolute atomic E-state index is 0.163. The van der Waals surface area contributed by atoms with Crippen LogP contribution in [-0.4, -0.2) is 25.0 Å². The first-order chi connectivity index (χ1) is 18.9. The van der Waals surface area contributed by atoms with Gasteiger partial charge in [0, 0.05) is 24.8 Å². The van der Waals surface area contributed by atoms with Gasteiger partial charge in [0.05, 0.1) is 0 Å². The zero-order valence-corrected chi connectivity index (χ0v) is 24.7. The summed E-state index contributed by atoms with van der Waals surface area (Å²) in [5, 5.41) is 3.67. The number of benzene rings is 2. The molecule has 1 saturated carbocycles. The fourth-order valence-electron chi connectivity index (χ4n) is 6.09. The van der Waals surface area contributed by atoms with Crippen molar-refractivity contribution in [1.29, 1.82) is 0 Å². The van der Waals surface area contributed by atoms with Crippen LogP contribution in [0.3, 0.4) is 0 Å². The van der Waals surface area contributed by atoms with E-state index in [1.807, 2.05) is 6.08 Å². The van der Waals surface area contributed by atoms with Gasteiger partial charge in [0.1, 0.15) is 0 Å². The Bertz CT molecular complexity index is 1210. The van der Waals surface area contributed by atoms with Crippen LogP contribution in [0.1, 0.15) is 87.1 Å². The molecule has 1 atom stereocenters. The Morgan fingerprint density at radius 1 is 1.00 bits per heavy atom. The van der Waals surface area contributed by atoms with Crippen LogP contribution in [0.4, 0.5) is 0 Å². The van der Waals surface area contributed by atoms with E-state index >= 15 is 0 Å². The minimum Gasteiger partial charge on any atom is -0.379 e. The Morgan fingerprint density at radius 3 is 2.15 bits per heavy atom. The topological polar surface area (TPSA) is 15.3 Å². The highest BCUT2D eigenvalue weighted by molar-refractivity contribution is 5.82. The smallest absolute Gasteiger partial charge is 0.0485 e. The molecule has 0 spiro atoms. The van der Waals surface area contributed by atoms with Gasteiger partial charge >= 0.3 is 0 Å². The van der Waals surface area contributed by atoms with Gasteiger partial charge in [-0.1, -0.05) is 117 Å². The van der Waals surface area contributed by atoms with E-state index in [4.69, 9.17) is 0 Å². The van der Waals surface area contributed by atoms with Crippen LogP contribution in [0.5, 0.6) is 0 Å². The largest absolute Gasteiger partial charge is 0.379 e. The molecular weight excluding hydrogens is 472 g/mol. The lowest BCUT2D eigenvalue weighted by atomic mass is 9.87. The van der Waals surface area contributed by atoms with E-state index in [0.29, 0.717) is 0 Å². The van der Waals surface area contributed by atoms with Gasteiger partial charge in [0.25, 0.3) is 0 Å². The second-order valence-corrected chi connectivity index (χ2v) is 11.6. The quantitative estimate of drug-likeness (QED) is 0.314. The Kier molecular flexibility index (Phi) is 10.2. The third-order valence-electron chi connectivity index (χ3n) is 8.64. The van der Waals surface area contributed by atoms with Gasteiger partial charge in [-0.25, -0.2) is 0 Å². The maximum atomic E-state index is 4.40. The number of likely N-dealkylation sites (tertiary alicyclic amines) is 1. The van der Waals surface area contributed by atoms with Crippen molar-refractivity contribution in [3.05, 3.63) is 125 Å². The van der Waals surface area contributed by atoms with E-state index in [1.54, 1.807) is 5.57 Å². The van der Waals surface area contributed by atoms with E-state index in [2.05, 4.69) is 112 Å². The van der Waals surface area contributed by atoms with Crippen LogP contribution in [0, 0.1) is 12.8 Å². The molecule has 0 amide bonds. The number of allylic oxidation sites excluding steroid dienone is 4. The molecule has 2 aliphatic rings. The predicted octanol–water partition coefficient (Wildman–Crippen LogP) is 9.33. The highest BCUT2D eigenvalue weighted by atomic mass is 15.1. The zero-order chi connectivity index (χ0) is 27.8. The monoisotopic (exact) mass is 520 g/mol. The fourth-order valence-corrected chi connectivity index (χ4v) is 6.09. The molecule has 1 N–H and O–H groups in total. The molecule has 2 aromatic rings. The van der Waals surface area contributed by atoms with Gasteiger partial charge < -0.3 is 10.2 Å². The summed E-state index contributed by atoms with van der Waals surface area (Å²) < 4.78 is 0. The van der Waals surface area contributed by atoms with Crippen molar-refractivity contribution in [2.45, 2.75) is 71.8 Å². The summed E-state index contributed by atoms with van der Waals surface area (Å²) >= 11 is 0. The van der Waals surface area contributed by atoms with Crippen molar-refractivity contribution in [2.24, 2.45) is 5.92 Å². The lowest BCUT2D eigenvalue weighted by Gasteiger charge is -2.27. The number of aryl methyl sites for hydroxylation is 1. The van der Waals surface area contributed by atoms with E-state index in [-0.39, 0.29) is 6.04 Å². The molecule has 0 aromatic heterocycles. The summed E-state index contributed by atoms with van der Waals surface area (Å²) in [6.07, 6.45) is 15.3. The number of hydrogen-bond donors (Lipinski definition) is 1. The van der Waals surface area contributed by atoms with Crippen molar-refractivity contribution in [2.75, 3.05) is 20.1 Å². The summed E-state index contributed by atoms with van der Waals surface area (Å²) in [6, 6.07) is 18.4. The Balaban J connectivity index is 1.49. The Labute approximate surface area is 237 Å². The molecule has 0 radical (unpaired) electrons. The number of piperidine rings is 1. The third-order valence-corrected chi connectivity index (χ3v) is 8.64. The zero-order valence-electron chi connectivity index (χ0n) is 24.7. The van der Waals surface area contributed by atoms with Crippen LogP contribution >= 0.6 is 0 Å². The lowest BCUT2D eigenvalue weighted by molar-refractivity contribution is 0.313. The van der Waals surface area contributed by atoms with Crippen molar-refractivity contribution < 1.29 is 0 Å². The van der Waals surface area contributed by atoms with E-state index in [0.717, 1.165) is 49.5 Å². The molecule has 1 aliphatic carbocycles. The molecule has 4 rings (SSSR count). The third kappa shape index (κ3) is 7.73. The lowest BCUT2D eigenvalue weighted by Crippen LogP contribution is -2.26. The summed E-state index contributed by atoms with van der Waals surface area (Å²) in [5.41, 5.74) is 11.6. The van der Waals surface area contributed by atoms with Crippen LogP contribution < -0.4 is 5.32 Å². The van der Waals surface area contributed by atoms with Crippen molar-refractivity contribution >= 4 is 5.57 Å². The van der Waals surface area contributed by atoms with E-state index in [9.17, 15) is 0 Å². The summed E-state index contributed by atoms with van der Waals surface area (Å²) in [7, 11) is 2.22. The SMILES string of the molecule is C=C/C(=C\C(=C/C)C(=C)NC(C)c1ccc(C(=C2CCN(C)CC2)c2ccc(C)cc2)cc1)CC1CCCC1. The Hall–Kier alpha value is -3.10. The maximum Gasteiger partial charge on any atom is 0.0485 e. The normalized spacial score (nSPS) is 18.2. The fraction of sp³-hybridized carbons (Fsp3) is 0.405. The maximum absolute atomic E-state index is 4.40. The Morgan fingerprint density at radius 2 is 1.59 bits per heavy atom. The molecule has 1 unspecified atom stereocenters. The van der Waals surface area contributed by atoms with Crippen LogP contribution in [0.25, 0.3) is 5.57 Å². The molecule has 1 heterocycles. The minimum atomic E-state index is 0.163.